The monoisotopic (exact) mass is 381 g/mol. The molecule has 1 aliphatic rings. The van der Waals surface area contributed by atoms with E-state index in [1.807, 2.05) is 28.5 Å². The zero-order chi connectivity index (χ0) is 18.6. The molecule has 27 heavy (non-hydrogen) atoms. The van der Waals surface area contributed by atoms with Crippen LogP contribution in [0.1, 0.15) is 22.5 Å². The average molecular weight is 381 g/mol. The number of carbonyl (C=O) groups is 2. The maximum Gasteiger partial charge on any atom is 0.263 e. The number of carbonyl (C=O) groups excluding carboxylic acids is 2. The number of anilines is 1. The van der Waals surface area contributed by atoms with E-state index in [4.69, 9.17) is 0 Å². The molecule has 7 nitrogen and oxygen atoms in total. The Morgan fingerprint density at radius 2 is 1.96 bits per heavy atom. The lowest BCUT2D eigenvalue weighted by Gasteiger charge is -2.31. The Hall–Kier alpha value is -3.00. The summed E-state index contributed by atoms with van der Waals surface area (Å²) >= 11 is 1.45. The van der Waals surface area contributed by atoms with Crippen molar-refractivity contribution >= 4 is 28.8 Å². The highest BCUT2D eigenvalue weighted by atomic mass is 32.1. The van der Waals surface area contributed by atoms with Gasteiger partial charge in [0.15, 0.2) is 5.82 Å². The van der Waals surface area contributed by atoms with E-state index in [2.05, 4.69) is 15.4 Å². The molecule has 0 atom stereocenters. The fourth-order valence-electron chi connectivity index (χ4n) is 3.21. The fourth-order valence-corrected chi connectivity index (χ4v) is 3.90. The number of likely N-dealkylation sites (tertiary alicyclic amines) is 1. The van der Waals surface area contributed by atoms with Crippen molar-refractivity contribution in [1.82, 2.24) is 19.7 Å². The van der Waals surface area contributed by atoms with E-state index in [1.165, 1.54) is 11.3 Å². The Morgan fingerprint density at radius 3 is 2.67 bits per heavy atom. The van der Waals surface area contributed by atoms with Gasteiger partial charge in [-0.05, 0) is 42.5 Å². The van der Waals surface area contributed by atoms with E-state index in [0.717, 1.165) is 4.88 Å². The number of rotatable bonds is 4. The molecule has 0 aliphatic carbocycles. The molecule has 0 aromatic carbocycles. The maximum absolute atomic E-state index is 12.7. The number of hydrogen-bond donors (Lipinski definition) is 1. The topological polar surface area (TPSA) is 80.1 Å². The zero-order valence-electron chi connectivity index (χ0n) is 14.6. The average Bonchev–Trinajstić information content (AvgIpc) is 3.42. The Balaban J connectivity index is 1.39. The van der Waals surface area contributed by atoms with E-state index in [-0.39, 0.29) is 17.7 Å². The van der Waals surface area contributed by atoms with Crippen LogP contribution in [-0.4, -0.2) is 44.6 Å². The van der Waals surface area contributed by atoms with Crippen molar-refractivity contribution in [1.29, 1.82) is 0 Å². The Morgan fingerprint density at radius 1 is 1.11 bits per heavy atom. The number of hydrogen-bond acceptors (Lipinski definition) is 5. The van der Waals surface area contributed by atoms with Gasteiger partial charge in [0.2, 0.25) is 5.91 Å². The molecule has 3 aromatic heterocycles. The summed E-state index contributed by atoms with van der Waals surface area (Å²) in [6.45, 7) is 1.18. The zero-order valence-corrected chi connectivity index (χ0v) is 15.4. The van der Waals surface area contributed by atoms with Crippen LogP contribution in [0.4, 0.5) is 5.69 Å². The molecule has 0 spiro atoms. The standard InChI is InChI=1S/C19H19N5O2S/c25-18(22-15-4-1-8-20-17(15)24-10-3-9-21-24)14-6-11-23(12-7-14)19(26)16-5-2-13-27-16/h1-5,8-10,13-14H,6-7,11-12H2,(H,22,25). The molecule has 0 radical (unpaired) electrons. The quantitative estimate of drug-likeness (QED) is 0.754. The third-order valence-corrected chi connectivity index (χ3v) is 5.51. The number of nitrogens with one attached hydrogen (secondary N) is 1. The number of aromatic nitrogens is 3. The van der Waals surface area contributed by atoms with Crippen LogP contribution in [-0.2, 0) is 4.79 Å². The van der Waals surface area contributed by atoms with Gasteiger partial charge >= 0.3 is 0 Å². The van der Waals surface area contributed by atoms with Gasteiger partial charge in [-0.3, -0.25) is 9.59 Å². The third-order valence-electron chi connectivity index (χ3n) is 4.65. The molecule has 1 fully saturated rings. The van der Waals surface area contributed by atoms with Crippen molar-refractivity contribution in [3.05, 3.63) is 59.2 Å². The largest absolute Gasteiger partial charge is 0.338 e. The SMILES string of the molecule is O=C(Nc1cccnc1-n1cccn1)C1CCN(C(=O)c2cccs2)CC1. The molecule has 8 heteroatoms. The Labute approximate surface area is 160 Å². The molecule has 0 unspecified atom stereocenters. The molecular formula is C19H19N5O2S. The van der Waals surface area contributed by atoms with Crippen LogP contribution < -0.4 is 5.32 Å². The fraction of sp³-hybridized carbons (Fsp3) is 0.263. The number of pyridine rings is 1. The van der Waals surface area contributed by atoms with Gasteiger partial charge < -0.3 is 10.2 Å². The first-order valence-corrected chi connectivity index (χ1v) is 9.69. The molecule has 1 N–H and O–H groups in total. The van der Waals surface area contributed by atoms with Crippen molar-refractivity contribution in [3.8, 4) is 5.82 Å². The van der Waals surface area contributed by atoms with Crippen LogP contribution in [0.5, 0.6) is 0 Å². The van der Waals surface area contributed by atoms with E-state index in [1.54, 1.807) is 35.4 Å². The molecule has 3 aromatic rings. The smallest absolute Gasteiger partial charge is 0.263 e. The molecule has 0 bridgehead atoms. The van der Waals surface area contributed by atoms with Gasteiger partial charge in [0.25, 0.3) is 5.91 Å². The van der Waals surface area contributed by atoms with Gasteiger partial charge in [0, 0.05) is 37.6 Å². The molecule has 0 saturated carbocycles. The van der Waals surface area contributed by atoms with Crippen LogP contribution in [0, 0.1) is 5.92 Å². The van der Waals surface area contributed by atoms with Gasteiger partial charge in [-0.15, -0.1) is 11.3 Å². The van der Waals surface area contributed by atoms with Crippen LogP contribution in [0.3, 0.4) is 0 Å². The van der Waals surface area contributed by atoms with Crippen molar-refractivity contribution in [2.45, 2.75) is 12.8 Å². The highest BCUT2D eigenvalue weighted by Crippen LogP contribution is 2.23. The Kier molecular flexibility index (Phi) is 4.97. The summed E-state index contributed by atoms with van der Waals surface area (Å²) in [6.07, 6.45) is 6.43. The summed E-state index contributed by atoms with van der Waals surface area (Å²) in [5.74, 6) is 0.473. The second-order valence-electron chi connectivity index (χ2n) is 6.36. The number of amides is 2. The lowest BCUT2D eigenvalue weighted by molar-refractivity contribution is -0.121. The predicted molar refractivity (Wildman–Crippen MR) is 103 cm³/mol. The Bertz CT molecular complexity index is 916. The van der Waals surface area contributed by atoms with E-state index in [0.29, 0.717) is 37.4 Å². The summed E-state index contributed by atoms with van der Waals surface area (Å²) in [6, 6.07) is 9.12. The highest BCUT2D eigenvalue weighted by Gasteiger charge is 2.28. The summed E-state index contributed by atoms with van der Waals surface area (Å²) in [5.41, 5.74) is 0.628. The van der Waals surface area contributed by atoms with Crippen molar-refractivity contribution in [2.75, 3.05) is 18.4 Å². The van der Waals surface area contributed by atoms with Gasteiger partial charge in [0.05, 0.1) is 10.6 Å². The first-order valence-electron chi connectivity index (χ1n) is 8.81. The first-order chi connectivity index (χ1) is 13.2. The lowest BCUT2D eigenvalue weighted by atomic mass is 9.95. The van der Waals surface area contributed by atoms with Crippen LogP contribution >= 0.6 is 11.3 Å². The van der Waals surface area contributed by atoms with Gasteiger partial charge in [0.1, 0.15) is 0 Å². The molecular weight excluding hydrogens is 362 g/mol. The number of piperidine rings is 1. The van der Waals surface area contributed by atoms with Crippen molar-refractivity contribution < 1.29 is 9.59 Å². The third kappa shape index (κ3) is 3.75. The minimum Gasteiger partial charge on any atom is -0.338 e. The molecule has 4 heterocycles. The summed E-state index contributed by atoms with van der Waals surface area (Å²) in [5, 5.41) is 9.06. The summed E-state index contributed by atoms with van der Waals surface area (Å²) in [4.78, 5) is 32.0. The van der Waals surface area contributed by atoms with Gasteiger partial charge in [-0.1, -0.05) is 6.07 Å². The van der Waals surface area contributed by atoms with Crippen molar-refractivity contribution in [2.24, 2.45) is 5.92 Å². The maximum atomic E-state index is 12.7. The minimum absolute atomic E-state index is 0.0420. The second kappa shape index (κ2) is 7.71. The molecule has 4 rings (SSSR count). The minimum atomic E-state index is -0.122. The van der Waals surface area contributed by atoms with E-state index >= 15 is 0 Å². The van der Waals surface area contributed by atoms with Gasteiger partial charge in [-0.25, -0.2) is 9.67 Å². The van der Waals surface area contributed by atoms with Crippen LogP contribution in [0.25, 0.3) is 5.82 Å². The number of nitrogens with zero attached hydrogens (tertiary/aromatic N) is 4. The molecule has 1 saturated heterocycles. The molecule has 138 valence electrons. The van der Waals surface area contributed by atoms with E-state index < -0.39 is 0 Å². The van der Waals surface area contributed by atoms with Gasteiger partial charge in [-0.2, -0.15) is 5.10 Å². The lowest BCUT2D eigenvalue weighted by Crippen LogP contribution is -2.41. The predicted octanol–water partition coefficient (Wildman–Crippen LogP) is 2.82. The molecule has 2 amide bonds. The summed E-state index contributed by atoms with van der Waals surface area (Å²) in [7, 11) is 0. The van der Waals surface area contributed by atoms with Crippen LogP contribution in [0.15, 0.2) is 54.3 Å². The van der Waals surface area contributed by atoms with Crippen LogP contribution in [0.2, 0.25) is 0 Å². The van der Waals surface area contributed by atoms with E-state index in [9.17, 15) is 9.59 Å². The first kappa shape index (κ1) is 17.4. The second-order valence-corrected chi connectivity index (χ2v) is 7.31. The highest BCUT2D eigenvalue weighted by molar-refractivity contribution is 7.12. The normalized spacial score (nSPS) is 14.9. The molecule has 1 aliphatic heterocycles. The van der Waals surface area contributed by atoms with Crippen molar-refractivity contribution in [3.63, 3.8) is 0 Å². The summed E-state index contributed by atoms with van der Waals surface area (Å²) < 4.78 is 1.62. The number of thiophene rings is 1.